The Balaban J connectivity index is 2.27. The van der Waals surface area contributed by atoms with E-state index in [1.165, 1.54) is 12.0 Å². The first kappa shape index (κ1) is 16.6. The van der Waals surface area contributed by atoms with Crippen LogP contribution < -0.4 is 4.90 Å². The van der Waals surface area contributed by atoms with Crippen molar-refractivity contribution >= 4 is 18.1 Å². The first-order chi connectivity index (χ1) is 11.2. The summed E-state index contributed by atoms with van der Waals surface area (Å²) in [7, 11) is 1.51. The molecule has 120 valence electrons. The van der Waals surface area contributed by atoms with Crippen LogP contribution in [0.3, 0.4) is 0 Å². The molecule has 0 saturated heterocycles. The van der Waals surface area contributed by atoms with Crippen LogP contribution in [0.2, 0.25) is 0 Å². The number of amides is 3. The van der Waals surface area contributed by atoms with Crippen molar-refractivity contribution in [3.05, 3.63) is 60.4 Å². The van der Waals surface area contributed by atoms with Gasteiger partial charge in [-0.2, -0.15) is 0 Å². The van der Waals surface area contributed by atoms with E-state index in [0.29, 0.717) is 17.8 Å². The average Bonchev–Trinajstić information content (AvgIpc) is 2.61. The molecule has 0 saturated carbocycles. The Morgan fingerprint density at radius 3 is 2.48 bits per heavy atom. The quantitative estimate of drug-likeness (QED) is 0.607. The molecule has 0 aliphatic heterocycles. The van der Waals surface area contributed by atoms with Gasteiger partial charge in [-0.1, -0.05) is 24.3 Å². The van der Waals surface area contributed by atoms with Crippen LogP contribution in [0.4, 0.5) is 10.5 Å². The van der Waals surface area contributed by atoms with E-state index in [9.17, 15) is 9.59 Å². The molecule has 6 heteroatoms. The van der Waals surface area contributed by atoms with Crippen LogP contribution in [0.1, 0.15) is 12.6 Å². The Labute approximate surface area is 135 Å². The van der Waals surface area contributed by atoms with Gasteiger partial charge >= 0.3 is 6.03 Å². The summed E-state index contributed by atoms with van der Waals surface area (Å²) in [5.74, 6) is 0. The fraction of sp³-hybridized carbons (Fsp3) is 0.235. The third-order valence-corrected chi connectivity index (χ3v) is 3.43. The Hall–Kier alpha value is -2.73. The van der Waals surface area contributed by atoms with Gasteiger partial charge in [-0.15, -0.1) is 0 Å². The van der Waals surface area contributed by atoms with Crippen molar-refractivity contribution in [1.29, 1.82) is 0 Å². The fourth-order valence-corrected chi connectivity index (χ4v) is 2.09. The smallest absolute Gasteiger partial charge is 0.333 e. The Morgan fingerprint density at radius 1 is 1.22 bits per heavy atom. The number of hydrogen-bond donors (Lipinski definition) is 0. The number of urea groups is 1. The first-order valence-corrected chi connectivity index (χ1v) is 7.20. The Kier molecular flexibility index (Phi) is 5.82. The van der Waals surface area contributed by atoms with Crippen LogP contribution in [0.25, 0.3) is 0 Å². The highest BCUT2D eigenvalue weighted by molar-refractivity contribution is 6.05. The zero-order chi connectivity index (χ0) is 16.7. The minimum Gasteiger partial charge on any atom is -0.362 e. The molecule has 3 amide bonds. The fourth-order valence-electron chi connectivity index (χ4n) is 2.09. The van der Waals surface area contributed by atoms with E-state index < -0.39 is 12.3 Å². The lowest BCUT2D eigenvalue weighted by atomic mass is 10.3. The zero-order valence-electron chi connectivity index (χ0n) is 13.1. The number of anilines is 1. The molecule has 2 rings (SSSR count). The predicted octanol–water partition coefficient (Wildman–Crippen LogP) is 2.66. The monoisotopic (exact) mass is 313 g/mol. The highest BCUT2D eigenvalue weighted by Crippen LogP contribution is 2.17. The molecule has 1 unspecified atom stereocenters. The molecule has 0 spiro atoms. The molecule has 0 fully saturated rings. The number of aromatic nitrogens is 1. The van der Waals surface area contributed by atoms with E-state index in [1.54, 1.807) is 43.5 Å². The maximum absolute atomic E-state index is 12.8. The largest absolute Gasteiger partial charge is 0.362 e. The van der Waals surface area contributed by atoms with E-state index in [4.69, 9.17) is 4.74 Å². The lowest BCUT2D eigenvalue weighted by molar-refractivity contribution is -0.107. The van der Waals surface area contributed by atoms with Gasteiger partial charge in [-0.3, -0.25) is 14.7 Å². The molecule has 0 bridgehead atoms. The van der Waals surface area contributed by atoms with Crippen molar-refractivity contribution in [2.45, 2.75) is 19.7 Å². The number of para-hydroxylation sites is 1. The van der Waals surface area contributed by atoms with Crippen LogP contribution in [0.5, 0.6) is 0 Å². The summed E-state index contributed by atoms with van der Waals surface area (Å²) in [6, 6.07) is 13.7. The minimum atomic E-state index is -0.504. The van der Waals surface area contributed by atoms with Crippen LogP contribution in [0.15, 0.2) is 54.7 Å². The molecule has 0 aliphatic carbocycles. The number of nitrogens with zero attached hydrogens (tertiary/aromatic N) is 3. The van der Waals surface area contributed by atoms with E-state index in [-0.39, 0.29) is 6.54 Å². The zero-order valence-corrected chi connectivity index (χ0v) is 13.1. The second-order valence-corrected chi connectivity index (χ2v) is 4.88. The summed E-state index contributed by atoms with van der Waals surface area (Å²) in [4.78, 5) is 31.0. The number of methoxy groups -OCH3 is 1. The highest BCUT2D eigenvalue weighted by Gasteiger charge is 2.26. The Morgan fingerprint density at radius 2 is 1.91 bits per heavy atom. The van der Waals surface area contributed by atoms with Gasteiger partial charge in [0.2, 0.25) is 6.41 Å². The third-order valence-electron chi connectivity index (χ3n) is 3.43. The summed E-state index contributed by atoms with van der Waals surface area (Å²) >= 11 is 0. The van der Waals surface area contributed by atoms with E-state index in [0.717, 1.165) is 4.90 Å². The maximum Gasteiger partial charge on any atom is 0.333 e. The molecule has 2 aromatic rings. The standard InChI is InChI=1S/C17H19N3O3/c1-14(23-2)19(12-15-8-6-7-11-18-15)17(22)20(13-21)16-9-4-3-5-10-16/h3-11,13-14H,12H2,1-2H3. The average molecular weight is 313 g/mol. The SMILES string of the molecule is COC(C)N(Cc1ccccn1)C(=O)N(C=O)c1ccccc1. The van der Waals surface area contributed by atoms with Crippen molar-refractivity contribution in [2.24, 2.45) is 0 Å². The van der Waals surface area contributed by atoms with Gasteiger partial charge in [0, 0.05) is 13.3 Å². The number of hydrogen-bond acceptors (Lipinski definition) is 4. The van der Waals surface area contributed by atoms with Gasteiger partial charge in [0.25, 0.3) is 0 Å². The number of benzene rings is 1. The van der Waals surface area contributed by atoms with Gasteiger partial charge in [0.1, 0.15) is 6.23 Å². The van der Waals surface area contributed by atoms with Gasteiger partial charge in [-0.05, 0) is 31.2 Å². The van der Waals surface area contributed by atoms with Crippen molar-refractivity contribution in [3.63, 3.8) is 0 Å². The molecule has 0 radical (unpaired) electrons. The van der Waals surface area contributed by atoms with E-state index >= 15 is 0 Å². The molecule has 6 nitrogen and oxygen atoms in total. The van der Waals surface area contributed by atoms with Crippen molar-refractivity contribution < 1.29 is 14.3 Å². The second-order valence-electron chi connectivity index (χ2n) is 4.88. The summed E-state index contributed by atoms with van der Waals surface area (Å²) in [6.45, 7) is 1.99. The first-order valence-electron chi connectivity index (χ1n) is 7.20. The van der Waals surface area contributed by atoms with Crippen LogP contribution >= 0.6 is 0 Å². The normalized spacial score (nSPS) is 11.6. The topological polar surface area (TPSA) is 62.7 Å². The van der Waals surface area contributed by atoms with Crippen LogP contribution in [0, 0.1) is 0 Å². The molecule has 0 aliphatic rings. The highest BCUT2D eigenvalue weighted by atomic mass is 16.5. The molecule has 1 atom stereocenters. The number of carbonyl (C=O) groups excluding carboxylic acids is 2. The molecular formula is C17H19N3O3. The lowest BCUT2D eigenvalue weighted by Gasteiger charge is -2.31. The van der Waals surface area contributed by atoms with Gasteiger partial charge in [0.05, 0.1) is 17.9 Å². The minimum absolute atomic E-state index is 0.242. The van der Waals surface area contributed by atoms with Gasteiger partial charge in [-0.25, -0.2) is 9.69 Å². The van der Waals surface area contributed by atoms with Crippen LogP contribution in [-0.2, 0) is 16.1 Å². The molecule has 1 heterocycles. The molecule has 0 N–H and O–H groups in total. The van der Waals surface area contributed by atoms with Gasteiger partial charge < -0.3 is 4.74 Å². The van der Waals surface area contributed by atoms with Crippen molar-refractivity contribution in [2.75, 3.05) is 12.0 Å². The molecule has 1 aromatic carbocycles. The summed E-state index contributed by atoms with van der Waals surface area (Å²) in [5, 5.41) is 0. The molecule has 1 aromatic heterocycles. The number of ether oxygens (including phenoxy) is 1. The maximum atomic E-state index is 12.8. The van der Waals surface area contributed by atoms with Crippen molar-refractivity contribution in [1.82, 2.24) is 9.88 Å². The Bertz CT molecular complexity index is 634. The molecule has 23 heavy (non-hydrogen) atoms. The van der Waals surface area contributed by atoms with E-state index in [1.807, 2.05) is 18.2 Å². The van der Waals surface area contributed by atoms with Gasteiger partial charge in [0.15, 0.2) is 0 Å². The summed E-state index contributed by atoms with van der Waals surface area (Å²) < 4.78 is 5.27. The number of pyridine rings is 1. The number of imide groups is 1. The lowest BCUT2D eigenvalue weighted by Crippen LogP contribution is -2.47. The third kappa shape index (κ3) is 4.14. The number of carbonyl (C=O) groups is 2. The summed E-state index contributed by atoms with van der Waals surface area (Å²) in [5.41, 5.74) is 1.21. The second kappa shape index (κ2) is 8.05. The summed E-state index contributed by atoms with van der Waals surface area (Å²) in [6.07, 6.45) is 1.66. The predicted molar refractivity (Wildman–Crippen MR) is 86.6 cm³/mol. The van der Waals surface area contributed by atoms with Crippen molar-refractivity contribution in [3.8, 4) is 0 Å². The number of rotatable bonds is 6. The van der Waals surface area contributed by atoms with E-state index in [2.05, 4.69) is 4.98 Å². The molecular weight excluding hydrogens is 294 g/mol. The van der Waals surface area contributed by atoms with Crippen LogP contribution in [-0.4, -0.2) is 35.7 Å².